The number of aromatic nitrogens is 2. The van der Waals surface area contributed by atoms with Crippen LogP contribution in [-0.4, -0.2) is 41.8 Å². The molecule has 6 heteroatoms. The molecule has 6 nitrogen and oxygen atoms in total. The highest BCUT2D eigenvalue weighted by Crippen LogP contribution is 2.13. The molecule has 2 rings (SSSR count). The van der Waals surface area contributed by atoms with E-state index in [1.807, 2.05) is 0 Å². The average molecular weight is 249 g/mol. The predicted molar refractivity (Wildman–Crippen MR) is 69.5 cm³/mol. The first-order valence-corrected chi connectivity index (χ1v) is 6.25. The lowest BCUT2D eigenvalue weighted by Gasteiger charge is -2.28. The van der Waals surface area contributed by atoms with Gasteiger partial charge < -0.3 is 16.0 Å². The maximum Gasteiger partial charge on any atom is 0.271 e. The molecule has 1 aromatic heterocycles. The highest BCUT2D eigenvalue weighted by atomic mass is 16.1. The summed E-state index contributed by atoms with van der Waals surface area (Å²) in [5.74, 6) is 0.506. The molecule has 1 aliphatic rings. The Balaban J connectivity index is 1.95. The van der Waals surface area contributed by atoms with Gasteiger partial charge in [-0.15, -0.1) is 10.2 Å². The molecule has 0 radical (unpaired) electrons. The lowest BCUT2D eigenvalue weighted by Crippen LogP contribution is -2.41. The molecule has 3 N–H and O–H groups in total. The largest absolute Gasteiger partial charge is 0.366 e. The van der Waals surface area contributed by atoms with Gasteiger partial charge in [-0.05, 0) is 38.4 Å². The van der Waals surface area contributed by atoms with E-state index in [9.17, 15) is 4.79 Å². The summed E-state index contributed by atoms with van der Waals surface area (Å²) in [6, 6.07) is 4.42. The van der Waals surface area contributed by atoms with Crippen LogP contribution < -0.4 is 16.0 Å². The fourth-order valence-corrected chi connectivity index (χ4v) is 2.13. The molecule has 1 saturated heterocycles. The van der Waals surface area contributed by atoms with Crippen molar-refractivity contribution in [2.45, 2.75) is 31.8 Å². The van der Waals surface area contributed by atoms with Crippen LogP contribution in [0.25, 0.3) is 0 Å². The molecule has 0 aliphatic carbocycles. The summed E-state index contributed by atoms with van der Waals surface area (Å²) >= 11 is 0. The van der Waals surface area contributed by atoms with E-state index in [1.165, 1.54) is 0 Å². The number of anilines is 1. The van der Waals surface area contributed by atoms with Crippen molar-refractivity contribution in [3.8, 4) is 0 Å². The van der Waals surface area contributed by atoms with E-state index in [-0.39, 0.29) is 5.91 Å². The molecule has 1 aromatic rings. The Labute approximate surface area is 107 Å². The van der Waals surface area contributed by atoms with Gasteiger partial charge in [0, 0.05) is 19.1 Å². The summed E-state index contributed by atoms with van der Waals surface area (Å²) in [5.41, 5.74) is 0.335. The van der Waals surface area contributed by atoms with Crippen molar-refractivity contribution >= 4 is 11.7 Å². The average Bonchev–Trinajstić information content (AvgIpc) is 2.39. The Morgan fingerprint density at radius 2 is 2.28 bits per heavy atom. The van der Waals surface area contributed by atoms with E-state index < -0.39 is 0 Å². The number of piperidine rings is 1. The van der Waals surface area contributed by atoms with Crippen molar-refractivity contribution in [2.75, 3.05) is 18.9 Å². The van der Waals surface area contributed by atoms with Gasteiger partial charge in [0.05, 0.1) is 0 Å². The second-order valence-electron chi connectivity index (χ2n) is 4.60. The second-order valence-corrected chi connectivity index (χ2v) is 4.60. The first-order valence-electron chi connectivity index (χ1n) is 6.25. The van der Waals surface area contributed by atoms with Crippen LogP contribution in [0.3, 0.4) is 0 Å². The van der Waals surface area contributed by atoms with Crippen molar-refractivity contribution < 1.29 is 4.79 Å². The molecule has 18 heavy (non-hydrogen) atoms. The van der Waals surface area contributed by atoms with Gasteiger partial charge in [0.15, 0.2) is 5.69 Å². The highest BCUT2D eigenvalue weighted by molar-refractivity contribution is 5.91. The van der Waals surface area contributed by atoms with Crippen LogP contribution in [0, 0.1) is 0 Å². The minimum atomic E-state index is -0.218. The van der Waals surface area contributed by atoms with Crippen LogP contribution in [0.5, 0.6) is 0 Å². The Hall–Kier alpha value is -1.69. The summed E-state index contributed by atoms with van der Waals surface area (Å²) in [5, 5.41) is 17.2. The predicted octanol–water partition coefficient (Wildman–Crippen LogP) is 0.389. The van der Waals surface area contributed by atoms with Crippen molar-refractivity contribution in [3.05, 3.63) is 17.8 Å². The lowest BCUT2D eigenvalue weighted by atomic mass is 10.0. The first kappa shape index (κ1) is 12.8. The molecule has 1 amide bonds. The molecule has 1 aliphatic heterocycles. The maximum absolute atomic E-state index is 11.3. The van der Waals surface area contributed by atoms with Crippen molar-refractivity contribution in [1.82, 2.24) is 20.8 Å². The zero-order valence-electron chi connectivity index (χ0n) is 10.7. The smallest absolute Gasteiger partial charge is 0.271 e. The minimum absolute atomic E-state index is 0.218. The summed E-state index contributed by atoms with van der Waals surface area (Å²) in [7, 11) is 1.58. The molecule has 0 spiro atoms. The number of carbonyl (C=O) groups is 1. The topological polar surface area (TPSA) is 78.9 Å². The molecule has 2 heterocycles. The van der Waals surface area contributed by atoms with E-state index in [4.69, 9.17) is 0 Å². The third-order valence-corrected chi connectivity index (χ3v) is 3.10. The van der Waals surface area contributed by atoms with Gasteiger partial charge in [0.1, 0.15) is 5.82 Å². The first-order chi connectivity index (χ1) is 8.69. The van der Waals surface area contributed by atoms with Crippen LogP contribution in [-0.2, 0) is 0 Å². The fourth-order valence-electron chi connectivity index (χ4n) is 2.13. The Kier molecular flexibility index (Phi) is 4.09. The molecular formula is C12H19N5O. The minimum Gasteiger partial charge on any atom is -0.366 e. The molecule has 0 aromatic carbocycles. The van der Waals surface area contributed by atoms with Crippen LogP contribution in [0.1, 0.15) is 30.3 Å². The van der Waals surface area contributed by atoms with E-state index in [2.05, 4.69) is 33.1 Å². The molecule has 0 bridgehead atoms. The Bertz CT molecular complexity index is 405. The monoisotopic (exact) mass is 249 g/mol. The van der Waals surface area contributed by atoms with E-state index >= 15 is 0 Å². The maximum atomic E-state index is 11.3. The summed E-state index contributed by atoms with van der Waals surface area (Å²) in [6.45, 7) is 3.19. The molecule has 98 valence electrons. The Morgan fingerprint density at radius 1 is 1.44 bits per heavy atom. The van der Waals surface area contributed by atoms with Gasteiger partial charge >= 0.3 is 0 Å². The molecule has 2 atom stereocenters. The second kappa shape index (κ2) is 5.77. The van der Waals surface area contributed by atoms with E-state index in [0.29, 0.717) is 17.8 Å². The number of nitrogens with zero attached hydrogens (tertiary/aromatic N) is 2. The van der Waals surface area contributed by atoms with Gasteiger partial charge in [0.2, 0.25) is 0 Å². The normalized spacial score (nSPS) is 23.4. The van der Waals surface area contributed by atoms with Gasteiger partial charge in [-0.2, -0.15) is 0 Å². The van der Waals surface area contributed by atoms with Crippen molar-refractivity contribution in [2.24, 2.45) is 0 Å². The van der Waals surface area contributed by atoms with E-state index in [1.54, 1.807) is 19.2 Å². The third-order valence-electron chi connectivity index (χ3n) is 3.10. The summed E-state index contributed by atoms with van der Waals surface area (Å²) in [4.78, 5) is 11.3. The standard InChI is InChI=1S/C12H19N5O/c1-8-7-9(5-6-14-8)15-11-4-3-10(16-17-11)12(18)13-2/h3-4,8-9,14H,5-7H2,1-2H3,(H,13,18)(H,15,17). The van der Waals surface area contributed by atoms with Crippen LogP contribution in [0.15, 0.2) is 12.1 Å². The Morgan fingerprint density at radius 3 is 2.89 bits per heavy atom. The molecule has 1 fully saturated rings. The van der Waals surface area contributed by atoms with Gasteiger partial charge in [-0.3, -0.25) is 4.79 Å². The number of hydrogen-bond donors (Lipinski definition) is 3. The molecule has 2 unspecified atom stereocenters. The van der Waals surface area contributed by atoms with E-state index in [0.717, 1.165) is 25.2 Å². The number of amides is 1. The summed E-state index contributed by atoms with van der Waals surface area (Å²) in [6.07, 6.45) is 2.14. The molecular weight excluding hydrogens is 230 g/mol. The van der Waals surface area contributed by atoms with Crippen LogP contribution >= 0.6 is 0 Å². The fraction of sp³-hybridized carbons (Fsp3) is 0.583. The number of nitrogens with one attached hydrogen (secondary N) is 3. The third kappa shape index (κ3) is 3.16. The number of rotatable bonds is 3. The van der Waals surface area contributed by atoms with Crippen molar-refractivity contribution in [3.63, 3.8) is 0 Å². The molecule has 0 saturated carbocycles. The van der Waals surface area contributed by atoms with Gasteiger partial charge in [-0.1, -0.05) is 0 Å². The van der Waals surface area contributed by atoms with Gasteiger partial charge in [-0.25, -0.2) is 0 Å². The zero-order valence-corrected chi connectivity index (χ0v) is 10.7. The van der Waals surface area contributed by atoms with Crippen molar-refractivity contribution in [1.29, 1.82) is 0 Å². The number of carbonyl (C=O) groups excluding carboxylic acids is 1. The number of hydrogen-bond acceptors (Lipinski definition) is 5. The van der Waals surface area contributed by atoms with Crippen LogP contribution in [0.2, 0.25) is 0 Å². The highest BCUT2D eigenvalue weighted by Gasteiger charge is 2.18. The lowest BCUT2D eigenvalue weighted by molar-refractivity contribution is 0.0957. The quantitative estimate of drug-likeness (QED) is 0.722. The van der Waals surface area contributed by atoms with Crippen LogP contribution in [0.4, 0.5) is 5.82 Å². The SMILES string of the molecule is CNC(=O)c1ccc(NC2CCNC(C)C2)nn1. The zero-order chi connectivity index (χ0) is 13.0. The summed E-state index contributed by atoms with van der Waals surface area (Å²) < 4.78 is 0. The van der Waals surface area contributed by atoms with Gasteiger partial charge in [0.25, 0.3) is 5.91 Å².